The molecule has 0 aromatic carbocycles. The fraction of sp³-hybridized carbons (Fsp3) is 0.364. The third kappa shape index (κ3) is 1.59. The molecule has 0 saturated carbocycles. The summed E-state index contributed by atoms with van der Waals surface area (Å²) in [6, 6.07) is 5.90. The Morgan fingerprint density at radius 3 is 3.25 bits per heavy atom. The van der Waals surface area contributed by atoms with Gasteiger partial charge in [0.25, 0.3) is 0 Å². The van der Waals surface area contributed by atoms with Crippen LogP contribution in [-0.2, 0) is 4.74 Å². The van der Waals surface area contributed by atoms with Gasteiger partial charge in [0.1, 0.15) is 11.0 Å². The fourth-order valence-electron chi connectivity index (χ4n) is 2.01. The second-order valence-electron chi connectivity index (χ2n) is 3.81. The van der Waals surface area contributed by atoms with Crippen LogP contribution in [0.15, 0.2) is 24.4 Å². The lowest BCUT2D eigenvalue weighted by Crippen LogP contribution is -2.35. The standard InChI is InChI=1S/C11H12ClN3O/c12-10-3-1-2-8-6-14-11(15(8)10)9-7-16-5-4-13-9/h1-3,6,9,13H,4-5,7H2. The quantitative estimate of drug-likeness (QED) is 0.767. The zero-order valence-electron chi connectivity index (χ0n) is 8.69. The summed E-state index contributed by atoms with van der Waals surface area (Å²) in [6.07, 6.45) is 1.83. The SMILES string of the molecule is Clc1cccc2cnc(C3COCCN3)n12. The van der Waals surface area contributed by atoms with Crippen LogP contribution in [0.3, 0.4) is 0 Å². The first-order chi connectivity index (χ1) is 7.86. The largest absolute Gasteiger partial charge is 0.378 e. The highest BCUT2D eigenvalue weighted by molar-refractivity contribution is 6.29. The second-order valence-corrected chi connectivity index (χ2v) is 4.19. The summed E-state index contributed by atoms with van der Waals surface area (Å²) in [5.74, 6) is 0.917. The average Bonchev–Trinajstić information content (AvgIpc) is 2.75. The zero-order chi connectivity index (χ0) is 11.0. The molecule has 1 atom stereocenters. The Balaban J connectivity index is 2.09. The molecule has 1 saturated heterocycles. The van der Waals surface area contributed by atoms with Crippen LogP contribution >= 0.6 is 11.6 Å². The number of rotatable bonds is 1. The number of fused-ring (bicyclic) bond motifs is 1. The number of halogens is 1. The van der Waals surface area contributed by atoms with E-state index in [1.165, 1.54) is 0 Å². The maximum absolute atomic E-state index is 6.18. The maximum Gasteiger partial charge on any atom is 0.133 e. The normalized spacial score (nSPS) is 21.4. The van der Waals surface area contributed by atoms with Crippen LogP contribution in [0.2, 0.25) is 5.15 Å². The number of morpholine rings is 1. The Kier molecular flexibility index (Phi) is 2.55. The third-order valence-corrected chi connectivity index (χ3v) is 3.06. The number of ether oxygens (including phenoxy) is 1. The predicted octanol–water partition coefficient (Wildman–Crippen LogP) is 1.65. The van der Waals surface area contributed by atoms with Gasteiger partial charge in [0.15, 0.2) is 0 Å². The molecule has 5 heteroatoms. The van der Waals surface area contributed by atoms with Crippen molar-refractivity contribution in [3.63, 3.8) is 0 Å². The van der Waals surface area contributed by atoms with E-state index in [0.717, 1.165) is 24.5 Å². The van der Waals surface area contributed by atoms with Crippen molar-refractivity contribution in [2.45, 2.75) is 6.04 Å². The minimum atomic E-state index is 0.121. The first kappa shape index (κ1) is 10.1. The van der Waals surface area contributed by atoms with Gasteiger partial charge in [-0.05, 0) is 12.1 Å². The van der Waals surface area contributed by atoms with E-state index >= 15 is 0 Å². The summed E-state index contributed by atoms with van der Waals surface area (Å²) >= 11 is 6.18. The number of nitrogens with zero attached hydrogens (tertiary/aromatic N) is 2. The third-order valence-electron chi connectivity index (χ3n) is 2.76. The van der Waals surface area contributed by atoms with Gasteiger partial charge >= 0.3 is 0 Å². The molecular formula is C11H12ClN3O. The molecule has 0 aliphatic carbocycles. The summed E-state index contributed by atoms with van der Waals surface area (Å²) in [7, 11) is 0. The van der Waals surface area contributed by atoms with Gasteiger partial charge in [-0.15, -0.1) is 0 Å². The Labute approximate surface area is 98.2 Å². The van der Waals surface area contributed by atoms with Crippen LogP contribution in [-0.4, -0.2) is 29.1 Å². The summed E-state index contributed by atoms with van der Waals surface area (Å²) < 4.78 is 7.39. The van der Waals surface area contributed by atoms with Gasteiger partial charge in [-0.3, -0.25) is 4.40 Å². The van der Waals surface area contributed by atoms with Gasteiger partial charge in [-0.2, -0.15) is 0 Å². The van der Waals surface area contributed by atoms with Crippen molar-refractivity contribution < 1.29 is 4.74 Å². The Bertz CT molecular complexity index is 505. The van der Waals surface area contributed by atoms with Gasteiger partial charge in [0.2, 0.25) is 0 Å². The van der Waals surface area contributed by atoms with Crippen LogP contribution in [0.1, 0.15) is 11.9 Å². The monoisotopic (exact) mass is 237 g/mol. The van der Waals surface area contributed by atoms with Gasteiger partial charge in [0, 0.05) is 6.54 Å². The number of hydrogen-bond donors (Lipinski definition) is 1. The fourth-order valence-corrected chi connectivity index (χ4v) is 2.26. The molecule has 0 amide bonds. The van der Waals surface area contributed by atoms with E-state index in [9.17, 15) is 0 Å². The van der Waals surface area contributed by atoms with E-state index in [1.54, 1.807) is 0 Å². The van der Waals surface area contributed by atoms with E-state index < -0.39 is 0 Å². The van der Waals surface area contributed by atoms with E-state index in [0.29, 0.717) is 11.8 Å². The number of imidazole rings is 1. The highest BCUT2D eigenvalue weighted by atomic mass is 35.5. The molecule has 3 heterocycles. The molecule has 1 aliphatic rings. The molecule has 0 bridgehead atoms. The molecule has 1 fully saturated rings. The molecular weight excluding hydrogens is 226 g/mol. The predicted molar refractivity (Wildman–Crippen MR) is 61.8 cm³/mol. The Morgan fingerprint density at radius 1 is 1.50 bits per heavy atom. The first-order valence-electron chi connectivity index (χ1n) is 5.29. The first-order valence-corrected chi connectivity index (χ1v) is 5.67. The van der Waals surface area contributed by atoms with Crippen LogP contribution in [0, 0.1) is 0 Å². The lowest BCUT2D eigenvalue weighted by molar-refractivity contribution is 0.0741. The molecule has 1 unspecified atom stereocenters. The van der Waals surface area contributed by atoms with Crippen LogP contribution in [0.25, 0.3) is 5.52 Å². The molecule has 0 spiro atoms. The van der Waals surface area contributed by atoms with Crippen molar-refractivity contribution in [3.8, 4) is 0 Å². The Hall–Kier alpha value is -1.10. The molecule has 16 heavy (non-hydrogen) atoms. The summed E-state index contributed by atoms with van der Waals surface area (Å²) in [5, 5.41) is 4.05. The van der Waals surface area contributed by atoms with Crippen molar-refractivity contribution in [1.29, 1.82) is 0 Å². The van der Waals surface area contributed by atoms with Gasteiger partial charge < -0.3 is 10.1 Å². The summed E-state index contributed by atoms with van der Waals surface area (Å²) in [4.78, 5) is 4.42. The van der Waals surface area contributed by atoms with Crippen molar-refractivity contribution in [3.05, 3.63) is 35.4 Å². The lowest BCUT2D eigenvalue weighted by Gasteiger charge is -2.23. The number of nitrogens with one attached hydrogen (secondary N) is 1. The summed E-state index contributed by atoms with van der Waals surface area (Å²) in [5.41, 5.74) is 1.01. The van der Waals surface area contributed by atoms with Crippen LogP contribution in [0.4, 0.5) is 0 Å². The molecule has 0 radical (unpaired) electrons. The van der Waals surface area contributed by atoms with Crippen molar-refractivity contribution >= 4 is 17.1 Å². The van der Waals surface area contributed by atoms with Crippen molar-refractivity contribution in [2.24, 2.45) is 0 Å². The molecule has 1 aliphatic heterocycles. The lowest BCUT2D eigenvalue weighted by atomic mass is 10.2. The topological polar surface area (TPSA) is 38.6 Å². The average molecular weight is 238 g/mol. The van der Waals surface area contributed by atoms with Gasteiger partial charge in [-0.25, -0.2) is 4.98 Å². The summed E-state index contributed by atoms with van der Waals surface area (Å²) in [6.45, 7) is 2.25. The number of hydrogen-bond acceptors (Lipinski definition) is 3. The smallest absolute Gasteiger partial charge is 0.133 e. The zero-order valence-corrected chi connectivity index (χ0v) is 9.44. The maximum atomic E-state index is 6.18. The van der Waals surface area contributed by atoms with Gasteiger partial charge in [-0.1, -0.05) is 17.7 Å². The molecule has 4 nitrogen and oxygen atoms in total. The van der Waals surface area contributed by atoms with Crippen LogP contribution < -0.4 is 5.32 Å². The number of pyridine rings is 1. The van der Waals surface area contributed by atoms with Crippen molar-refractivity contribution in [1.82, 2.24) is 14.7 Å². The highest BCUT2D eigenvalue weighted by Crippen LogP contribution is 2.21. The molecule has 1 N–H and O–H groups in total. The minimum Gasteiger partial charge on any atom is -0.378 e. The van der Waals surface area contributed by atoms with E-state index in [1.807, 2.05) is 28.8 Å². The molecule has 3 rings (SSSR count). The highest BCUT2D eigenvalue weighted by Gasteiger charge is 2.20. The molecule has 2 aromatic heterocycles. The van der Waals surface area contributed by atoms with E-state index in [-0.39, 0.29) is 6.04 Å². The van der Waals surface area contributed by atoms with Gasteiger partial charge in [0.05, 0.1) is 31.0 Å². The number of aromatic nitrogens is 2. The molecule has 84 valence electrons. The van der Waals surface area contributed by atoms with E-state index in [4.69, 9.17) is 16.3 Å². The van der Waals surface area contributed by atoms with Crippen LogP contribution in [0.5, 0.6) is 0 Å². The van der Waals surface area contributed by atoms with E-state index in [2.05, 4.69) is 10.3 Å². The second kappa shape index (κ2) is 4.05. The Morgan fingerprint density at radius 2 is 2.44 bits per heavy atom. The molecule has 2 aromatic rings. The van der Waals surface area contributed by atoms with Crippen molar-refractivity contribution in [2.75, 3.05) is 19.8 Å². The minimum absolute atomic E-state index is 0.121.